The van der Waals surface area contributed by atoms with Crippen LogP contribution in [0.25, 0.3) is 11.3 Å². The number of hydrogen-bond donors (Lipinski definition) is 2. The average molecular weight is 544 g/mol. The van der Waals surface area contributed by atoms with Gasteiger partial charge in [-0.2, -0.15) is 18.3 Å². The molecule has 0 radical (unpaired) electrons. The van der Waals surface area contributed by atoms with E-state index >= 15 is 0 Å². The van der Waals surface area contributed by atoms with Gasteiger partial charge in [-0.05, 0) is 55.0 Å². The highest BCUT2D eigenvalue weighted by atomic mass is 32.2. The highest BCUT2D eigenvalue weighted by Crippen LogP contribution is 2.33. The number of carbonyl (C=O) groups excluding carboxylic acids is 1. The van der Waals surface area contributed by atoms with Crippen LogP contribution >= 0.6 is 0 Å². The number of hydrogen-bond acceptors (Lipinski definition) is 5. The predicted molar refractivity (Wildman–Crippen MR) is 137 cm³/mol. The van der Waals surface area contributed by atoms with Crippen molar-refractivity contribution in [1.29, 1.82) is 4.78 Å². The van der Waals surface area contributed by atoms with Gasteiger partial charge in [-0.15, -0.1) is 0 Å². The van der Waals surface area contributed by atoms with Crippen LogP contribution in [0.3, 0.4) is 0 Å². The van der Waals surface area contributed by atoms with E-state index in [1.165, 1.54) is 36.6 Å². The normalized spacial score (nSPS) is 13.2. The summed E-state index contributed by atoms with van der Waals surface area (Å²) in [5, 5.41) is 4.12. The summed E-state index contributed by atoms with van der Waals surface area (Å²) in [6, 6.07) is 13.4. The fourth-order valence-electron chi connectivity index (χ4n) is 4.00. The van der Waals surface area contributed by atoms with E-state index in [1.807, 2.05) is 0 Å². The molecular formula is C26H24F3N5O3S. The molecule has 0 saturated heterocycles. The van der Waals surface area contributed by atoms with Gasteiger partial charge in [0.05, 0.1) is 27.5 Å². The van der Waals surface area contributed by atoms with Crippen molar-refractivity contribution in [3.05, 3.63) is 99.6 Å². The first kappa shape index (κ1) is 26.9. The zero-order valence-corrected chi connectivity index (χ0v) is 21.5. The number of alkyl halides is 3. The monoisotopic (exact) mass is 543 g/mol. The molecule has 0 saturated carbocycles. The van der Waals surface area contributed by atoms with Gasteiger partial charge in [0.25, 0.3) is 11.5 Å². The largest absolute Gasteiger partial charge is 0.416 e. The summed E-state index contributed by atoms with van der Waals surface area (Å²) in [6.07, 6.45) is -1.81. The van der Waals surface area contributed by atoms with Crippen LogP contribution < -0.4 is 10.5 Å². The summed E-state index contributed by atoms with van der Waals surface area (Å²) in [7, 11) is -1.28. The first-order valence-electron chi connectivity index (χ1n) is 11.3. The lowest BCUT2D eigenvalue weighted by Gasteiger charge is -2.24. The Hall–Kier alpha value is -4.19. The Balaban J connectivity index is 1.83. The van der Waals surface area contributed by atoms with Gasteiger partial charge in [0.1, 0.15) is 5.56 Å². The lowest BCUT2D eigenvalue weighted by atomic mass is 10.1. The maximum absolute atomic E-state index is 13.8. The average Bonchev–Trinajstić information content (AvgIpc) is 3.27. The zero-order chi connectivity index (χ0) is 27.8. The minimum Gasteiger partial charge on any atom is -0.325 e. The van der Waals surface area contributed by atoms with Crippen molar-refractivity contribution in [3.8, 4) is 11.3 Å². The molecule has 1 amide bonds. The van der Waals surface area contributed by atoms with Crippen LogP contribution in [0.1, 0.15) is 27.2 Å². The Morgan fingerprint density at radius 3 is 2.39 bits per heavy atom. The number of nitrogens with zero attached hydrogens (tertiary/aromatic N) is 3. The van der Waals surface area contributed by atoms with E-state index in [9.17, 15) is 27.0 Å². The summed E-state index contributed by atoms with van der Waals surface area (Å²) in [5.41, 5.74) is 0.205. The summed E-state index contributed by atoms with van der Waals surface area (Å²) < 4.78 is 61.8. The lowest BCUT2D eigenvalue weighted by molar-refractivity contribution is -0.137. The molecule has 8 nitrogen and oxygen atoms in total. The van der Waals surface area contributed by atoms with Crippen LogP contribution in [0.15, 0.2) is 76.6 Å². The maximum atomic E-state index is 13.8. The Kier molecular flexibility index (Phi) is 7.02. The summed E-state index contributed by atoms with van der Waals surface area (Å²) >= 11 is 0. The highest BCUT2D eigenvalue weighted by Gasteiger charge is 2.32. The molecule has 12 heteroatoms. The van der Waals surface area contributed by atoms with Gasteiger partial charge in [-0.1, -0.05) is 18.2 Å². The van der Waals surface area contributed by atoms with Gasteiger partial charge in [0.15, 0.2) is 0 Å². The Morgan fingerprint density at radius 1 is 1.13 bits per heavy atom. The minimum atomic E-state index is -4.64. The van der Waals surface area contributed by atoms with Gasteiger partial charge < -0.3 is 9.88 Å². The predicted octanol–water partition coefficient (Wildman–Crippen LogP) is 4.99. The Morgan fingerprint density at radius 2 is 1.82 bits per heavy atom. The van der Waals surface area contributed by atoms with E-state index in [1.54, 1.807) is 43.0 Å². The van der Waals surface area contributed by atoms with Crippen molar-refractivity contribution < 1.29 is 22.2 Å². The van der Waals surface area contributed by atoms with Gasteiger partial charge in [0, 0.05) is 41.3 Å². The first-order chi connectivity index (χ1) is 17.8. The van der Waals surface area contributed by atoms with E-state index in [-0.39, 0.29) is 22.7 Å². The number of H-pyrrole nitrogens is 1. The highest BCUT2D eigenvalue weighted by molar-refractivity contribution is 7.91. The molecule has 1 atom stereocenters. The molecule has 4 rings (SSSR count). The molecule has 2 aromatic heterocycles. The van der Waals surface area contributed by atoms with Crippen molar-refractivity contribution in [1.82, 2.24) is 14.8 Å². The molecule has 4 aromatic rings. The van der Waals surface area contributed by atoms with Gasteiger partial charge in [-0.25, -0.2) is 8.99 Å². The molecule has 0 aliphatic carbocycles. The van der Waals surface area contributed by atoms with Crippen LogP contribution in [0.5, 0.6) is 0 Å². The van der Waals surface area contributed by atoms with Crippen molar-refractivity contribution in [2.45, 2.75) is 24.5 Å². The topological polar surface area (TPSA) is 112 Å². The Labute approximate surface area is 216 Å². The van der Waals surface area contributed by atoms with E-state index < -0.39 is 32.9 Å². The zero-order valence-electron chi connectivity index (χ0n) is 20.7. The lowest BCUT2D eigenvalue weighted by Crippen LogP contribution is -2.35. The molecule has 2 heterocycles. The van der Waals surface area contributed by atoms with E-state index in [0.717, 1.165) is 17.0 Å². The second kappa shape index (κ2) is 9.93. The van der Waals surface area contributed by atoms with Gasteiger partial charge in [0.2, 0.25) is 0 Å². The summed E-state index contributed by atoms with van der Waals surface area (Å²) in [6.45, 7) is 1.49. The molecule has 1 unspecified atom stereocenters. The van der Waals surface area contributed by atoms with E-state index in [4.69, 9.17) is 4.78 Å². The number of amides is 1. The summed E-state index contributed by atoms with van der Waals surface area (Å²) in [4.78, 5) is 30.7. The maximum Gasteiger partial charge on any atom is 0.416 e. The molecule has 198 valence electrons. The number of anilines is 1. The SMILES string of the molecule is Cc1[nH]c(=O)c(C(=O)N(Cc2ccc(S(C)(=N)=O)cc2)c2cccc(C(F)(F)F)c2)cc1-c1ccnn1C. The summed E-state index contributed by atoms with van der Waals surface area (Å²) in [5.74, 6) is -0.808. The molecule has 0 bridgehead atoms. The number of rotatable bonds is 6. The van der Waals surface area contributed by atoms with Crippen molar-refractivity contribution in [2.75, 3.05) is 11.2 Å². The number of nitrogens with one attached hydrogen (secondary N) is 2. The standard InChI is InChI=1S/C26H24F3N5O3S/c1-16-21(23-11-12-31-33(23)2)14-22(24(35)32-16)25(36)34(19-6-4-5-18(13-19)26(27,28)29)15-17-7-9-20(10-8-17)38(3,30)37/h4-14,30H,15H2,1-3H3,(H,32,35). The minimum absolute atomic E-state index is 0.0595. The van der Waals surface area contributed by atoms with Crippen molar-refractivity contribution in [3.63, 3.8) is 0 Å². The molecule has 2 N–H and O–H groups in total. The molecule has 2 aromatic carbocycles. The number of carbonyl (C=O) groups is 1. The molecule has 0 aliphatic rings. The molecule has 0 spiro atoms. The van der Waals surface area contributed by atoms with E-state index in [2.05, 4.69) is 10.1 Å². The molecule has 0 fully saturated rings. The smallest absolute Gasteiger partial charge is 0.325 e. The van der Waals surface area contributed by atoms with Gasteiger partial charge in [-0.3, -0.25) is 14.3 Å². The fourth-order valence-corrected chi connectivity index (χ4v) is 4.65. The molecule has 0 aliphatic heterocycles. The third-order valence-corrected chi connectivity index (χ3v) is 7.18. The van der Waals surface area contributed by atoms with Crippen molar-refractivity contribution >= 4 is 21.3 Å². The van der Waals surface area contributed by atoms with Crippen LogP contribution in [-0.4, -0.2) is 31.1 Å². The van der Waals surface area contributed by atoms with E-state index in [0.29, 0.717) is 22.5 Å². The second-order valence-corrected chi connectivity index (χ2v) is 11.0. The third kappa shape index (κ3) is 5.54. The number of benzene rings is 2. The van der Waals surface area contributed by atoms with Crippen LogP contribution in [0, 0.1) is 11.7 Å². The third-order valence-electron chi connectivity index (χ3n) is 6.01. The first-order valence-corrected chi connectivity index (χ1v) is 13.3. The van der Waals surface area contributed by atoms with Crippen molar-refractivity contribution in [2.24, 2.45) is 7.05 Å². The van der Waals surface area contributed by atoms with Crippen LogP contribution in [0.2, 0.25) is 0 Å². The fraction of sp³-hybridized carbons (Fsp3) is 0.192. The number of pyridine rings is 1. The number of aromatic amines is 1. The van der Waals surface area contributed by atoms with Gasteiger partial charge >= 0.3 is 6.18 Å². The number of aryl methyl sites for hydroxylation is 2. The van der Waals surface area contributed by atoms with Crippen LogP contribution in [-0.2, 0) is 29.5 Å². The number of halogens is 3. The number of aromatic nitrogens is 3. The quantitative estimate of drug-likeness (QED) is 0.357. The molecule has 38 heavy (non-hydrogen) atoms. The Bertz CT molecular complexity index is 1670. The van der Waals surface area contributed by atoms with Crippen LogP contribution in [0.4, 0.5) is 18.9 Å². The second-order valence-electron chi connectivity index (χ2n) is 8.82. The molecular weight excluding hydrogens is 519 g/mol.